The number of hydrogen-bond acceptors (Lipinski definition) is 5. The maximum absolute atomic E-state index is 6.74. The first-order valence-corrected chi connectivity index (χ1v) is 23.5. The fourth-order valence-corrected chi connectivity index (χ4v) is 8.18. The van der Waals surface area contributed by atoms with Gasteiger partial charge in [-0.1, -0.05) is 212 Å². The highest BCUT2D eigenvalue weighted by Gasteiger charge is 2.17. The summed E-state index contributed by atoms with van der Waals surface area (Å²) in [6.07, 6.45) is 43.5. The van der Waals surface area contributed by atoms with Gasteiger partial charge >= 0.3 is 0 Å². The topological polar surface area (TPSA) is 44.2 Å². The van der Waals surface area contributed by atoms with Crippen LogP contribution < -0.4 is 9.47 Å². The number of nitrogens with zero attached hydrogens (tertiary/aromatic N) is 2. The van der Waals surface area contributed by atoms with Crippen molar-refractivity contribution < 1.29 is 9.47 Å². The molecular formula is C46H84N2O2S. The van der Waals surface area contributed by atoms with E-state index in [4.69, 9.17) is 9.47 Å². The molecule has 0 saturated heterocycles. The maximum Gasteiger partial charge on any atom is 0.163 e. The molecule has 0 spiro atoms. The van der Waals surface area contributed by atoms with Crippen molar-refractivity contribution in [1.29, 1.82) is 0 Å². The van der Waals surface area contributed by atoms with Gasteiger partial charge in [-0.3, -0.25) is 0 Å². The Hall–Kier alpha value is -1.36. The summed E-state index contributed by atoms with van der Waals surface area (Å²) >= 11 is 1.46. The van der Waals surface area contributed by atoms with Crippen LogP contribution in [0.2, 0.25) is 0 Å². The zero-order valence-corrected chi connectivity index (χ0v) is 35.3. The summed E-state index contributed by atoms with van der Waals surface area (Å²) in [4.78, 5) is 0. The Morgan fingerprint density at radius 2 is 0.745 bits per heavy atom. The molecule has 0 bridgehead atoms. The maximum atomic E-state index is 6.74. The van der Waals surface area contributed by atoms with Gasteiger partial charge in [0.2, 0.25) is 0 Å². The monoisotopic (exact) mass is 729 g/mol. The van der Waals surface area contributed by atoms with Gasteiger partial charge in [-0.05, 0) is 49.1 Å². The summed E-state index contributed by atoms with van der Waals surface area (Å²) < 4.78 is 18.8. The van der Waals surface area contributed by atoms with Crippen LogP contribution in [0.5, 0.6) is 11.5 Å². The predicted octanol–water partition coefficient (Wildman–Crippen LogP) is 16.2. The SMILES string of the molecule is CCCCCCCCCCC(CCCCCCCC)COc1cc2nnsc2cc1OCC(CCCCCCCC)CCCCCCCCCC. The van der Waals surface area contributed by atoms with E-state index in [0.29, 0.717) is 11.8 Å². The number of ether oxygens (including phenoxy) is 2. The molecule has 0 radical (unpaired) electrons. The molecule has 0 aliphatic rings. The molecule has 5 heteroatoms. The zero-order chi connectivity index (χ0) is 36.5. The second kappa shape index (κ2) is 33.2. The lowest BCUT2D eigenvalue weighted by Crippen LogP contribution is -2.15. The quantitative estimate of drug-likeness (QED) is 0.0646. The minimum absolute atomic E-state index is 0.607. The minimum Gasteiger partial charge on any atom is -0.489 e. The van der Waals surface area contributed by atoms with Crippen LogP contribution in [0.3, 0.4) is 0 Å². The lowest BCUT2D eigenvalue weighted by molar-refractivity contribution is 0.192. The van der Waals surface area contributed by atoms with Crippen molar-refractivity contribution in [2.24, 2.45) is 11.8 Å². The van der Waals surface area contributed by atoms with Crippen LogP contribution in [-0.4, -0.2) is 22.8 Å². The Morgan fingerprint density at radius 1 is 0.431 bits per heavy atom. The van der Waals surface area contributed by atoms with Crippen molar-refractivity contribution in [1.82, 2.24) is 9.59 Å². The summed E-state index contributed by atoms with van der Waals surface area (Å²) in [6, 6.07) is 4.27. The Kier molecular flexibility index (Phi) is 29.8. The highest BCUT2D eigenvalue weighted by atomic mass is 32.1. The second-order valence-electron chi connectivity index (χ2n) is 16.0. The molecule has 2 rings (SSSR count). The van der Waals surface area contributed by atoms with Gasteiger partial charge in [0.25, 0.3) is 0 Å². The van der Waals surface area contributed by atoms with Crippen molar-refractivity contribution in [2.45, 2.75) is 233 Å². The van der Waals surface area contributed by atoms with E-state index in [2.05, 4.69) is 49.4 Å². The first-order valence-electron chi connectivity index (χ1n) is 22.7. The van der Waals surface area contributed by atoms with Crippen molar-refractivity contribution >= 4 is 21.7 Å². The largest absolute Gasteiger partial charge is 0.489 e. The lowest BCUT2D eigenvalue weighted by atomic mass is 9.94. The average Bonchev–Trinajstić information content (AvgIpc) is 3.61. The second-order valence-corrected chi connectivity index (χ2v) is 16.8. The summed E-state index contributed by atoms with van der Waals surface area (Å²) in [5.74, 6) is 3.00. The average molecular weight is 729 g/mol. The molecule has 0 fully saturated rings. The van der Waals surface area contributed by atoms with Gasteiger partial charge < -0.3 is 9.47 Å². The Balaban J connectivity index is 1.98. The predicted molar refractivity (Wildman–Crippen MR) is 226 cm³/mol. The van der Waals surface area contributed by atoms with Crippen LogP contribution in [-0.2, 0) is 0 Å². The Bertz CT molecular complexity index is 948. The number of aromatic nitrogens is 2. The van der Waals surface area contributed by atoms with E-state index in [0.717, 1.165) is 34.9 Å². The first kappa shape index (κ1) is 45.8. The van der Waals surface area contributed by atoms with Gasteiger partial charge in [-0.25, -0.2) is 0 Å². The minimum atomic E-state index is 0.607. The van der Waals surface area contributed by atoms with Crippen molar-refractivity contribution in [3.63, 3.8) is 0 Å². The molecule has 0 aliphatic heterocycles. The molecule has 0 N–H and O–H groups in total. The highest BCUT2D eigenvalue weighted by molar-refractivity contribution is 7.12. The van der Waals surface area contributed by atoms with Crippen molar-refractivity contribution in [3.8, 4) is 11.5 Å². The lowest BCUT2D eigenvalue weighted by Gasteiger charge is -2.21. The zero-order valence-electron chi connectivity index (χ0n) is 34.5. The molecule has 1 aromatic carbocycles. The molecule has 296 valence electrons. The molecule has 2 atom stereocenters. The van der Waals surface area contributed by atoms with Gasteiger partial charge in [0.05, 0.1) is 17.9 Å². The number of hydrogen-bond donors (Lipinski definition) is 0. The third-order valence-electron chi connectivity index (χ3n) is 11.1. The van der Waals surface area contributed by atoms with Crippen LogP contribution in [0, 0.1) is 11.8 Å². The van der Waals surface area contributed by atoms with Gasteiger partial charge in [-0.2, -0.15) is 0 Å². The van der Waals surface area contributed by atoms with E-state index in [-0.39, 0.29) is 0 Å². The number of fused-ring (bicyclic) bond motifs is 1. The summed E-state index contributed by atoms with van der Waals surface area (Å²) in [5, 5.41) is 4.41. The molecule has 2 aromatic rings. The van der Waals surface area contributed by atoms with Gasteiger partial charge in [0.1, 0.15) is 5.52 Å². The molecular weight excluding hydrogens is 645 g/mol. The van der Waals surface area contributed by atoms with Crippen LogP contribution in [0.25, 0.3) is 10.2 Å². The van der Waals surface area contributed by atoms with E-state index in [1.807, 2.05) is 0 Å². The smallest absolute Gasteiger partial charge is 0.163 e. The van der Waals surface area contributed by atoms with Crippen LogP contribution >= 0.6 is 11.5 Å². The van der Waals surface area contributed by atoms with E-state index >= 15 is 0 Å². The normalized spacial score (nSPS) is 12.9. The van der Waals surface area contributed by atoms with Gasteiger partial charge in [0, 0.05) is 12.1 Å². The number of benzene rings is 1. The highest BCUT2D eigenvalue weighted by Crippen LogP contribution is 2.35. The third-order valence-corrected chi connectivity index (χ3v) is 11.8. The van der Waals surface area contributed by atoms with E-state index in [9.17, 15) is 0 Å². The van der Waals surface area contributed by atoms with E-state index < -0.39 is 0 Å². The fraction of sp³-hybridized carbons (Fsp3) is 0.870. The van der Waals surface area contributed by atoms with E-state index in [1.165, 1.54) is 217 Å². The van der Waals surface area contributed by atoms with Crippen molar-refractivity contribution in [2.75, 3.05) is 13.2 Å². The summed E-state index contributed by atoms with van der Waals surface area (Å²) in [6.45, 7) is 10.8. The molecule has 0 amide bonds. The van der Waals surface area contributed by atoms with Gasteiger partial charge in [-0.15, -0.1) is 5.10 Å². The molecule has 1 heterocycles. The molecule has 1 aromatic heterocycles. The molecule has 4 nitrogen and oxygen atoms in total. The summed E-state index contributed by atoms with van der Waals surface area (Å²) in [5.41, 5.74) is 0.931. The molecule has 0 saturated carbocycles. The number of rotatable bonds is 38. The molecule has 0 aliphatic carbocycles. The van der Waals surface area contributed by atoms with Crippen LogP contribution in [0.4, 0.5) is 0 Å². The van der Waals surface area contributed by atoms with Crippen molar-refractivity contribution in [3.05, 3.63) is 12.1 Å². The molecule has 2 unspecified atom stereocenters. The van der Waals surface area contributed by atoms with Crippen LogP contribution in [0.15, 0.2) is 12.1 Å². The summed E-state index contributed by atoms with van der Waals surface area (Å²) in [7, 11) is 0. The van der Waals surface area contributed by atoms with E-state index in [1.54, 1.807) is 0 Å². The molecule has 51 heavy (non-hydrogen) atoms. The first-order chi connectivity index (χ1) is 25.2. The number of unbranched alkanes of at least 4 members (excludes halogenated alkanes) is 24. The standard InChI is InChI=1S/C46H84N2O2S/c1-5-9-13-17-21-23-27-31-35-41(33-29-25-19-15-11-7-3)39-49-44-37-43-46(51-48-47-43)38-45(44)50-40-42(34-30-26-20-16-12-8-4)36-32-28-24-22-18-14-10-6-2/h37-38,41-42H,5-36,39-40H2,1-4H3. The Morgan fingerprint density at radius 3 is 1.10 bits per heavy atom. The van der Waals surface area contributed by atoms with Crippen LogP contribution in [0.1, 0.15) is 233 Å². The fourth-order valence-electron chi connectivity index (χ4n) is 7.61. The third kappa shape index (κ3) is 23.8. The van der Waals surface area contributed by atoms with Gasteiger partial charge in [0.15, 0.2) is 11.5 Å². The Labute approximate surface area is 321 Å².